The third-order valence-corrected chi connectivity index (χ3v) is 4.09. The van der Waals surface area contributed by atoms with Gasteiger partial charge in [-0.15, -0.1) is 0 Å². The molecule has 4 heteroatoms. The molecule has 1 aromatic heterocycles. The molecule has 0 aromatic carbocycles. The summed E-state index contributed by atoms with van der Waals surface area (Å²) in [7, 11) is 0. The molecule has 1 aromatic rings. The minimum atomic E-state index is 0.321. The van der Waals surface area contributed by atoms with Gasteiger partial charge >= 0.3 is 0 Å². The van der Waals surface area contributed by atoms with Crippen LogP contribution in [-0.4, -0.2) is 22.6 Å². The number of aryl methyl sites for hydroxylation is 1. The lowest BCUT2D eigenvalue weighted by molar-refractivity contribution is 0.0851. The fraction of sp³-hybridized carbons (Fsp3) is 0.750. The molecule has 0 radical (unpaired) electrons. The highest BCUT2D eigenvalue weighted by Crippen LogP contribution is 2.30. The lowest BCUT2D eigenvalue weighted by Gasteiger charge is -2.31. The van der Waals surface area contributed by atoms with Crippen molar-refractivity contribution >= 4 is 5.95 Å². The molecule has 2 atom stereocenters. The summed E-state index contributed by atoms with van der Waals surface area (Å²) in [6.45, 7) is 7.30. The Kier molecular flexibility index (Phi) is 5.62. The lowest BCUT2D eigenvalue weighted by atomic mass is 9.85. The third-order valence-electron chi connectivity index (χ3n) is 4.09. The fourth-order valence-electron chi connectivity index (χ4n) is 2.81. The first kappa shape index (κ1) is 15.1. The molecule has 1 fully saturated rings. The lowest BCUT2D eigenvalue weighted by Crippen LogP contribution is -2.30. The summed E-state index contributed by atoms with van der Waals surface area (Å²) < 4.78 is 6.22. The van der Waals surface area contributed by atoms with Crippen LogP contribution in [0.15, 0.2) is 6.20 Å². The van der Waals surface area contributed by atoms with E-state index < -0.39 is 0 Å². The van der Waals surface area contributed by atoms with E-state index in [0.29, 0.717) is 18.0 Å². The van der Waals surface area contributed by atoms with Gasteiger partial charge in [-0.1, -0.05) is 20.3 Å². The van der Waals surface area contributed by atoms with Crippen molar-refractivity contribution in [3.63, 3.8) is 0 Å². The highest BCUT2D eigenvalue weighted by molar-refractivity contribution is 5.32. The monoisotopic (exact) mass is 277 g/mol. The molecular formula is C16H27N3O. The van der Waals surface area contributed by atoms with Crippen LogP contribution >= 0.6 is 0 Å². The van der Waals surface area contributed by atoms with E-state index in [1.165, 1.54) is 25.7 Å². The molecule has 1 N–H and O–H groups in total. The Labute approximate surface area is 122 Å². The van der Waals surface area contributed by atoms with Crippen molar-refractivity contribution in [1.29, 1.82) is 0 Å². The number of hydrogen-bond donors (Lipinski definition) is 1. The average Bonchev–Trinajstić information content (AvgIpc) is 2.48. The Morgan fingerprint density at radius 3 is 2.85 bits per heavy atom. The molecule has 2 rings (SSSR count). The predicted octanol–water partition coefficient (Wildman–Crippen LogP) is 3.95. The quantitative estimate of drug-likeness (QED) is 0.855. The number of nitrogens with one attached hydrogen (secondary N) is 1. The van der Waals surface area contributed by atoms with E-state index in [9.17, 15) is 0 Å². The number of aromatic nitrogens is 2. The number of hydrogen-bond acceptors (Lipinski definition) is 4. The second-order valence-corrected chi connectivity index (χ2v) is 5.72. The highest BCUT2D eigenvalue weighted by Gasteiger charge is 2.26. The topological polar surface area (TPSA) is 47.0 Å². The van der Waals surface area contributed by atoms with Gasteiger partial charge in [-0.05, 0) is 44.9 Å². The SMILES string of the molecule is CCCNc1ncc(C)c(OC2CCCCC2CC)n1. The zero-order valence-electron chi connectivity index (χ0n) is 13.0. The Morgan fingerprint density at radius 1 is 1.30 bits per heavy atom. The first-order chi connectivity index (χ1) is 9.74. The van der Waals surface area contributed by atoms with Crippen LogP contribution in [-0.2, 0) is 0 Å². The van der Waals surface area contributed by atoms with Crippen LogP contribution < -0.4 is 10.1 Å². The average molecular weight is 277 g/mol. The van der Waals surface area contributed by atoms with Crippen molar-refractivity contribution in [2.24, 2.45) is 5.92 Å². The summed E-state index contributed by atoms with van der Waals surface area (Å²) in [5.41, 5.74) is 1.02. The van der Waals surface area contributed by atoms with Gasteiger partial charge < -0.3 is 10.1 Å². The van der Waals surface area contributed by atoms with Crippen LogP contribution in [0, 0.1) is 12.8 Å². The van der Waals surface area contributed by atoms with Crippen molar-refractivity contribution in [2.45, 2.75) is 65.4 Å². The first-order valence-corrected chi connectivity index (χ1v) is 7.98. The molecule has 1 heterocycles. The van der Waals surface area contributed by atoms with Crippen molar-refractivity contribution in [3.05, 3.63) is 11.8 Å². The van der Waals surface area contributed by atoms with Gasteiger partial charge in [0.05, 0.1) is 0 Å². The van der Waals surface area contributed by atoms with Gasteiger partial charge in [-0.2, -0.15) is 4.98 Å². The van der Waals surface area contributed by atoms with Gasteiger partial charge in [0.1, 0.15) is 6.10 Å². The van der Waals surface area contributed by atoms with Gasteiger partial charge in [-0.25, -0.2) is 4.98 Å². The van der Waals surface area contributed by atoms with E-state index >= 15 is 0 Å². The maximum Gasteiger partial charge on any atom is 0.225 e. The first-order valence-electron chi connectivity index (χ1n) is 7.98. The zero-order valence-corrected chi connectivity index (χ0v) is 13.0. The van der Waals surface area contributed by atoms with E-state index in [1.807, 2.05) is 13.1 Å². The maximum atomic E-state index is 6.22. The molecule has 1 saturated carbocycles. The molecule has 1 aliphatic rings. The number of ether oxygens (including phenoxy) is 1. The normalized spacial score (nSPS) is 22.6. The summed E-state index contributed by atoms with van der Waals surface area (Å²) in [6.07, 6.45) is 9.47. The molecular weight excluding hydrogens is 250 g/mol. The largest absolute Gasteiger partial charge is 0.474 e. The Hall–Kier alpha value is -1.32. The molecule has 0 saturated heterocycles. The molecule has 0 amide bonds. The predicted molar refractivity (Wildman–Crippen MR) is 82.2 cm³/mol. The number of rotatable bonds is 6. The number of anilines is 1. The van der Waals surface area contributed by atoms with E-state index in [2.05, 4.69) is 29.1 Å². The smallest absolute Gasteiger partial charge is 0.225 e. The number of nitrogens with zero attached hydrogens (tertiary/aromatic N) is 2. The Bertz CT molecular complexity index is 422. The van der Waals surface area contributed by atoms with Crippen LogP contribution in [0.1, 0.15) is 57.9 Å². The van der Waals surface area contributed by atoms with E-state index in [-0.39, 0.29) is 0 Å². The van der Waals surface area contributed by atoms with E-state index in [4.69, 9.17) is 4.74 Å². The van der Waals surface area contributed by atoms with Crippen molar-refractivity contribution in [1.82, 2.24) is 9.97 Å². The molecule has 0 spiro atoms. The Balaban J connectivity index is 2.06. The molecule has 2 unspecified atom stereocenters. The molecule has 0 aliphatic heterocycles. The van der Waals surface area contributed by atoms with Crippen LogP contribution in [0.2, 0.25) is 0 Å². The van der Waals surface area contributed by atoms with Gasteiger partial charge in [-0.3, -0.25) is 0 Å². The van der Waals surface area contributed by atoms with Crippen LogP contribution in [0.5, 0.6) is 5.88 Å². The van der Waals surface area contributed by atoms with Crippen LogP contribution in [0.25, 0.3) is 0 Å². The fourth-order valence-corrected chi connectivity index (χ4v) is 2.81. The summed E-state index contributed by atoms with van der Waals surface area (Å²) >= 11 is 0. The summed E-state index contributed by atoms with van der Waals surface area (Å²) in [5, 5.41) is 3.22. The van der Waals surface area contributed by atoms with Crippen molar-refractivity contribution < 1.29 is 4.74 Å². The van der Waals surface area contributed by atoms with Gasteiger partial charge in [0.2, 0.25) is 11.8 Å². The molecule has 0 bridgehead atoms. The van der Waals surface area contributed by atoms with Crippen molar-refractivity contribution in [2.75, 3.05) is 11.9 Å². The van der Waals surface area contributed by atoms with E-state index in [1.54, 1.807) is 0 Å². The zero-order chi connectivity index (χ0) is 14.4. The Morgan fingerprint density at radius 2 is 2.10 bits per heavy atom. The van der Waals surface area contributed by atoms with Gasteiger partial charge in [0, 0.05) is 18.3 Å². The van der Waals surface area contributed by atoms with E-state index in [0.717, 1.165) is 30.8 Å². The maximum absolute atomic E-state index is 6.22. The molecule has 20 heavy (non-hydrogen) atoms. The second kappa shape index (κ2) is 7.46. The molecule has 4 nitrogen and oxygen atoms in total. The second-order valence-electron chi connectivity index (χ2n) is 5.72. The minimum absolute atomic E-state index is 0.321. The minimum Gasteiger partial charge on any atom is -0.474 e. The van der Waals surface area contributed by atoms with Crippen molar-refractivity contribution in [3.8, 4) is 5.88 Å². The van der Waals surface area contributed by atoms with Crippen LogP contribution in [0.3, 0.4) is 0 Å². The third kappa shape index (κ3) is 3.84. The van der Waals surface area contributed by atoms with Crippen LogP contribution in [0.4, 0.5) is 5.95 Å². The van der Waals surface area contributed by atoms with Gasteiger partial charge in [0.15, 0.2) is 0 Å². The molecule has 1 aliphatic carbocycles. The summed E-state index contributed by atoms with van der Waals surface area (Å²) in [5.74, 6) is 2.10. The highest BCUT2D eigenvalue weighted by atomic mass is 16.5. The molecule has 112 valence electrons. The summed E-state index contributed by atoms with van der Waals surface area (Å²) in [6, 6.07) is 0. The van der Waals surface area contributed by atoms with Gasteiger partial charge in [0.25, 0.3) is 0 Å². The standard InChI is InChI=1S/C16H27N3O/c1-4-10-17-16-18-11-12(3)15(19-16)20-14-9-7-6-8-13(14)5-2/h11,13-14H,4-10H2,1-3H3,(H,17,18,19). The summed E-state index contributed by atoms with van der Waals surface area (Å²) in [4.78, 5) is 8.83.